The molecule has 5 nitrogen and oxygen atoms in total. The second kappa shape index (κ2) is 6.97. The summed E-state index contributed by atoms with van der Waals surface area (Å²) in [6, 6.07) is 5.33. The van der Waals surface area contributed by atoms with Gasteiger partial charge in [0.05, 0.1) is 4.90 Å². The highest BCUT2D eigenvalue weighted by molar-refractivity contribution is 7.89. The fraction of sp³-hybridized carbons (Fsp3) is 0.650. The summed E-state index contributed by atoms with van der Waals surface area (Å²) in [6.07, 6.45) is 7.69. The van der Waals surface area contributed by atoms with Crippen molar-refractivity contribution in [2.75, 3.05) is 13.1 Å². The first-order valence-corrected chi connectivity index (χ1v) is 11.3. The standard InChI is InChI=1S/C20H28N2O3S/c1-14-5-7-17(20(23)21-18-12-15-6-8-16(18)11-15)13-19(14)26(24,25)22-9-3-2-4-10-22/h5,7,13,15-16,18H,2-4,6,8-12H2,1H3,(H,21,23)/t15-,16+,18-/m0/s1. The van der Waals surface area contributed by atoms with Crippen LogP contribution in [0.1, 0.15) is 60.9 Å². The molecule has 1 aliphatic heterocycles. The molecule has 1 saturated heterocycles. The van der Waals surface area contributed by atoms with Crippen LogP contribution in [0, 0.1) is 18.8 Å². The summed E-state index contributed by atoms with van der Waals surface area (Å²) < 4.78 is 27.6. The van der Waals surface area contributed by atoms with Gasteiger partial charge < -0.3 is 5.32 Å². The van der Waals surface area contributed by atoms with E-state index in [1.807, 2.05) is 0 Å². The zero-order chi connectivity index (χ0) is 18.3. The summed E-state index contributed by atoms with van der Waals surface area (Å²) in [5.41, 5.74) is 1.15. The second-order valence-electron chi connectivity index (χ2n) is 8.20. The van der Waals surface area contributed by atoms with Gasteiger partial charge in [-0.25, -0.2) is 8.42 Å². The monoisotopic (exact) mass is 376 g/mol. The lowest BCUT2D eigenvalue weighted by Crippen LogP contribution is -2.39. The molecule has 1 amide bonds. The number of piperidine rings is 1. The molecule has 26 heavy (non-hydrogen) atoms. The Morgan fingerprint density at radius 3 is 2.54 bits per heavy atom. The van der Waals surface area contributed by atoms with Crippen molar-refractivity contribution in [3.63, 3.8) is 0 Å². The van der Waals surface area contributed by atoms with Crippen LogP contribution in [0.5, 0.6) is 0 Å². The molecule has 2 bridgehead atoms. The number of hydrogen-bond donors (Lipinski definition) is 1. The Kier molecular flexibility index (Phi) is 4.82. The predicted molar refractivity (Wildman–Crippen MR) is 100 cm³/mol. The lowest BCUT2D eigenvalue weighted by atomic mass is 9.95. The number of fused-ring (bicyclic) bond motifs is 2. The van der Waals surface area contributed by atoms with Crippen molar-refractivity contribution in [2.45, 2.75) is 62.8 Å². The van der Waals surface area contributed by atoms with Crippen LogP contribution in [0.25, 0.3) is 0 Å². The summed E-state index contributed by atoms with van der Waals surface area (Å²) in [7, 11) is -3.53. The summed E-state index contributed by atoms with van der Waals surface area (Å²) in [5, 5.41) is 3.16. The lowest BCUT2D eigenvalue weighted by molar-refractivity contribution is 0.0922. The lowest BCUT2D eigenvalue weighted by Gasteiger charge is -2.27. The molecule has 0 aromatic heterocycles. The SMILES string of the molecule is Cc1ccc(C(=O)N[C@H]2C[C@H]3CC[C@@H]2C3)cc1S(=O)(=O)N1CCCCC1. The van der Waals surface area contributed by atoms with E-state index in [0.29, 0.717) is 30.1 Å². The van der Waals surface area contributed by atoms with Gasteiger partial charge in [0, 0.05) is 24.7 Å². The fourth-order valence-corrected chi connectivity index (χ4v) is 6.70. The zero-order valence-corrected chi connectivity index (χ0v) is 16.2. The molecule has 6 heteroatoms. The molecule has 0 spiro atoms. The number of amides is 1. The van der Waals surface area contributed by atoms with Gasteiger partial charge in [-0.15, -0.1) is 0 Å². The van der Waals surface area contributed by atoms with E-state index in [2.05, 4.69) is 5.32 Å². The smallest absolute Gasteiger partial charge is 0.251 e. The number of nitrogens with one attached hydrogen (secondary N) is 1. The first-order valence-electron chi connectivity index (χ1n) is 9.87. The van der Waals surface area contributed by atoms with E-state index in [0.717, 1.165) is 31.6 Å². The van der Waals surface area contributed by atoms with Crippen LogP contribution >= 0.6 is 0 Å². The minimum atomic E-state index is -3.53. The number of carbonyl (C=O) groups is 1. The average molecular weight is 377 g/mol. The number of sulfonamides is 1. The predicted octanol–water partition coefficient (Wildman–Crippen LogP) is 3.09. The molecule has 4 rings (SSSR count). The number of hydrogen-bond acceptors (Lipinski definition) is 3. The van der Waals surface area contributed by atoms with Crippen LogP contribution in [-0.4, -0.2) is 37.8 Å². The molecule has 0 radical (unpaired) electrons. The number of benzene rings is 1. The van der Waals surface area contributed by atoms with Gasteiger partial charge in [0.25, 0.3) is 5.91 Å². The van der Waals surface area contributed by atoms with Crippen LogP contribution in [0.3, 0.4) is 0 Å². The molecule has 1 aromatic rings. The third kappa shape index (κ3) is 3.29. The Hall–Kier alpha value is -1.40. The molecule has 2 saturated carbocycles. The highest BCUT2D eigenvalue weighted by Crippen LogP contribution is 2.44. The normalized spacial score (nSPS) is 29.0. The molecule has 142 valence electrons. The summed E-state index contributed by atoms with van der Waals surface area (Å²) in [5.74, 6) is 1.22. The number of nitrogens with zero attached hydrogens (tertiary/aromatic N) is 1. The molecule has 3 atom stereocenters. The topological polar surface area (TPSA) is 66.5 Å². The minimum absolute atomic E-state index is 0.141. The Bertz CT molecular complexity index is 799. The van der Waals surface area contributed by atoms with E-state index in [1.165, 1.54) is 19.3 Å². The first kappa shape index (κ1) is 18.0. The van der Waals surface area contributed by atoms with Crippen molar-refractivity contribution in [1.29, 1.82) is 0 Å². The van der Waals surface area contributed by atoms with Crippen LogP contribution in [0.4, 0.5) is 0 Å². The highest BCUT2D eigenvalue weighted by Gasteiger charge is 2.40. The van der Waals surface area contributed by atoms with Crippen LogP contribution in [-0.2, 0) is 10.0 Å². The van der Waals surface area contributed by atoms with E-state index in [4.69, 9.17) is 0 Å². The molecule has 3 fully saturated rings. The number of aryl methyl sites for hydroxylation is 1. The van der Waals surface area contributed by atoms with Crippen molar-refractivity contribution in [2.24, 2.45) is 11.8 Å². The van der Waals surface area contributed by atoms with Gasteiger partial charge >= 0.3 is 0 Å². The van der Waals surface area contributed by atoms with Gasteiger partial charge in [0.15, 0.2) is 0 Å². The zero-order valence-electron chi connectivity index (χ0n) is 15.4. The van der Waals surface area contributed by atoms with Crippen LogP contribution < -0.4 is 5.32 Å². The highest BCUT2D eigenvalue weighted by atomic mass is 32.2. The number of carbonyl (C=O) groups excluding carboxylic acids is 1. The third-order valence-electron chi connectivity index (χ3n) is 6.44. The third-order valence-corrected chi connectivity index (χ3v) is 8.48. The minimum Gasteiger partial charge on any atom is -0.349 e. The quantitative estimate of drug-likeness (QED) is 0.878. The van der Waals surface area contributed by atoms with Crippen molar-refractivity contribution < 1.29 is 13.2 Å². The van der Waals surface area contributed by atoms with E-state index in [-0.39, 0.29) is 16.8 Å². The number of rotatable bonds is 4. The van der Waals surface area contributed by atoms with Gasteiger partial charge in [-0.05, 0) is 68.6 Å². The maximum atomic E-state index is 13.0. The first-order chi connectivity index (χ1) is 12.4. The van der Waals surface area contributed by atoms with E-state index >= 15 is 0 Å². The second-order valence-corrected chi connectivity index (χ2v) is 10.1. The maximum absolute atomic E-state index is 13.0. The van der Waals surface area contributed by atoms with Crippen molar-refractivity contribution in [3.05, 3.63) is 29.3 Å². The van der Waals surface area contributed by atoms with E-state index in [1.54, 1.807) is 29.4 Å². The molecule has 3 aliphatic rings. The van der Waals surface area contributed by atoms with Crippen LogP contribution in [0.2, 0.25) is 0 Å². The van der Waals surface area contributed by atoms with Crippen molar-refractivity contribution >= 4 is 15.9 Å². The molecule has 2 aliphatic carbocycles. The summed E-state index contributed by atoms with van der Waals surface area (Å²) in [4.78, 5) is 13.0. The van der Waals surface area contributed by atoms with Gasteiger partial charge in [-0.1, -0.05) is 18.9 Å². The molecular formula is C20H28N2O3S. The van der Waals surface area contributed by atoms with Crippen molar-refractivity contribution in [1.82, 2.24) is 9.62 Å². The van der Waals surface area contributed by atoms with E-state index < -0.39 is 10.0 Å². The average Bonchev–Trinajstić information content (AvgIpc) is 3.25. The molecular weight excluding hydrogens is 348 g/mol. The maximum Gasteiger partial charge on any atom is 0.251 e. The largest absolute Gasteiger partial charge is 0.349 e. The molecule has 1 N–H and O–H groups in total. The van der Waals surface area contributed by atoms with Gasteiger partial charge in [-0.2, -0.15) is 4.31 Å². The summed E-state index contributed by atoms with van der Waals surface area (Å²) in [6.45, 7) is 2.95. The molecule has 1 heterocycles. The van der Waals surface area contributed by atoms with E-state index in [9.17, 15) is 13.2 Å². The Morgan fingerprint density at radius 2 is 1.88 bits per heavy atom. The van der Waals surface area contributed by atoms with Crippen LogP contribution in [0.15, 0.2) is 23.1 Å². The molecule has 0 unspecified atom stereocenters. The van der Waals surface area contributed by atoms with Gasteiger partial charge in [0.1, 0.15) is 0 Å². The molecule has 1 aromatic carbocycles. The fourth-order valence-electron chi connectivity index (χ4n) is 4.94. The Morgan fingerprint density at radius 1 is 1.12 bits per heavy atom. The van der Waals surface area contributed by atoms with Gasteiger partial charge in [0.2, 0.25) is 10.0 Å². The Balaban J connectivity index is 1.54. The van der Waals surface area contributed by atoms with Gasteiger partial charge in [-0.3, -0.25) is 4.79 Å². The van der Waals surface area contributed by atoms with Crippen molar-refractivity contribution in [3.8, 4) is 0 Å². The Labute approximate surface area is 156 Å². The summed E-state index contributed by atoms with van der Waals surface area (Å²) >= 11 is 0.